The number of nitro benzene ring substituents is 1. The van der Waals surface area contributed by atoms with Crippen molar-refractivity contribution in [2.75, 3.05) is 38.1 Å². The molecule has 0 unspecified atom stereocenters. The molecule has 2 aliphatic heterocycles. The van der Waals surface area contributed by atoms with Gasteiger partial charge in [0.2, 0.25) is 5.78 Å². The summed E-state index contributed by atoms with van der Waals surface area (Å²) in [6.45, 7) is 3.29. The first-order chi connectivity index (χ1) is 13.0. The first-order valence-electron chi connectivity index (χ1n) is 8.78. The normalized spacial score (nSPS) is 18.8. The number of benzene rings is 2. The van der Waals surface area contributed by atoms with Gasteiger partial charge in [-0.1, -0.05) is 30.0 Å². The van der Waals surface area contributed by atoms with Crippen LogP contribution in [0.25, 0.3) is 6.08 Å². The Morgan fingerprint density at radius 1 is 1.11 bits per heavy atom. The van der Waals surface area contributed by atoms with Crippen LogP contribution in [-0.4, -0.2) is 48.8 Å². The average molecular weight is 381 g/mol. The van der Waals surface area contributed by atoms with Crippen molar-refractivity contribution >= 4 is 35.0 Å². The smallest absolute Gasteiger partial charge is 0.293 e. The average Bonchev–Trinajstić information content (AvgIpc) is 2.98. The lowest BCUT2D eigenvalue weighted by Crippen LogP contribution is -2.44. The van der Waals surface area contributed by atoms with Gasteiger partial charge in [0.15, 0.2) is 0 Å². The van der Waals surface area contributed by atoms with Crippen LogP contribution in [0.2, 0.25) is 0 Å². The molecule has 0 amide bonds. The molecule has 1 fully saturated rings. The van der Waals surface area contributed by atoms with Gasteiger partial charge in [-0.25, -0.2) is 0 Å². The third-order valence-electron chi connectivity index (χ3n) is 4.91. The topological polar surface area (TPSA) is 66.7 Å². The molecule has 138 valence electrons. The minimum absolute atomic E-state index is 0.0265. The van der Waals surface area contributed by atoms with E-state index in [0.717, 1.165) is 31.1 Å². The van der Waals surface area contributed by atoms with Gasteiger partial charge >= 0.3 is 0 Å². The second-order valence-corrected chi connectivity index (χ2v) is 7.82. The molecule has 4 rings (SSSR count). The molecule has 7 heteroatoms. The number of hydrogen-bond acceptors (Lipinski definition) is 6. The van der Waals surface area contributed by atoms with E-state index in [1.54, 1.807) is 18.2 Å². The number of piperazine rings is 1. The molecule has 1 saturated heterocycles. The van der Waals surface area contributed by atoms with E-state index in [2.05, 4.69) is 16.8 Å². The number of nitrogens with zero attached hydrogens (tertiary/aromatic N) is 3. The molecule has 0 aromatic heterocycles. The number of allylic oxidation sites excluding steroid dienone is 1. The highest BCUT2D eigenvalue weighted by Gasteiger charge is 2.26. The third kappa shape index (κ3) is 3.48. The van der Waals surface area contributed by atoms with Crippen molar-refractivity contribution in [3.8, 4) is 0 Å². The van der Waals surface area contributed by atoms with Crippen LogP contribution < -0.4 is 4.90 Å². The van der Waals surface area contributed by atoms with Crippen LogP contribution in [0.5, 0.6) is 0 Å². The molecular formula is C20H19N3O3S. The lowest BCUT2D eigenvalue weighted by Gasteiger charge is -2.33. The Labute approximate surface area is 161 Å². The number of carbonyl (C=O) groups is 1. The molecule has 2 heterocycles. The van der Waals surface area contributed by atoms with Crippen molar-refractivity contribution in [2.24, 2.45) is 0 Å². The van der Waals surface area contributed by atoms with Crippen LogP contribution in [0.1, 0.15) is 15.9 Å². The minimum atomic E-state index is -0.339. The van der Waals surface area contributed by atoms with Crippen molar-refractivity contribution in [1.82, 2.24) is 4.90 Å². The molecule has 0 spiro atoms. The van der Waals surface area contributed by atoms with Gasteiger partial charge in [-0.3, -0.25) is 14.9 Å². The minimum Gasteiger partial charge on any atom is -0.363 e. The van der Waals surface area contributed by atoms with Crippen molar-refractivity contribution < 1.29 is 9.72 Å². The Kier molecular flexibility index (Phi) is 4.72. The molecule has 0 radical (unpaired) electrons. The maximum absolute atomic E-state index is 12.5. The molecule has 27 heavy (non-hydrogen) atoms. The fourth-order valence-electron chi connectivity index (χ4n) is 3.38. The first-order valence-corrected chi connectivity index (χ1v) is 9.60. The molecular weight excluding hydrogens is 362 g/mol. The Bertz CT molecular complexity index is 949. The molecule has 0 saturated carbocycles. The summed E-state index contributed by atoms with van der Waals surface area (Å²) in [5.74, 6) is -0.0265. The van der Waals surface area contributed by atoms with Gasteiger partial charge < -0.3 is 9.80 Å². The zero-order valence-corrected chi connectivity index (χ0v) is 15.7. The lowest BCUT2D eigenvalue weighted by molar-refractivity contribution is -0.384. The number of fused-ring (bicyclic) bond motifs is 1. The molecule has 0 N–H and O–H groups in total. The zero-order chi connectivity index (χ0) is 19.0. The summed E-state index contributed by atoms with van der Waals surface area (Å²) in [4.78, 5) is 29.6. The summed E-state index contributed by atoms with van der Waals surface area (Å²) in [6.07, 6.45) is 1.74. The summed E-state index contributed by atoms with van der Waals surface area (Å²) >= 11 is 1.41. The number of anilines is 1. The van der Waals surface area contributed by atoms with E-state index in [0.29, 0.717) is 21.7 Å². The maximum atomic E-state index is 12.5. The van der Waals surface area contributed by atoms with Crippen molar-refractivity contribution in [2.45, 2.75) is 4.90 Å². The summed E-state index contributed by atoms with van der Waals surface area (Å²) in [7, 11) is 2.05. The van der Waals surface area contributed by atoms with Crippen LogP contribution in [0.15, 0.2) is 52.3 Å². The fraction of sp³-hybridized carbons (Fsp3) is 0.250. The van der Waals surface area contributed by atoms with E-state index >= 15 is 0 Å². The number of ketones is 1. The molecule has 2 aromatic rings. The van der Waals surface area contributed by atoms with Crippen molar-refractivity contribution in [1.29, 1.82) is 0 Å². The van der Waals surface area contributed by atoms with Gasteiger partial charge in [-0.05, 0) is 36.9 Å². The van der Waals surface area contributed by atoms with E-state index in [-0.39, 0.29) is 16.4 Å². The second-order valence-electron chi connectivity index (χ2n) is 6.73. The van der Waals surface area contributed by atoms with Gasteiger partial charge in [0.05, 0.1) is 9.83 Å². The van der Waals surface area contributed by atoms with E-state index < -0.39 is 0 Å². The van der Waals surface area contributed by atoms with Gasteiger partial charge in [-0.2, -0.15) is 0 Å². The van der Waals surface area contributed by atoms with Crippen LogP contribution in [-0.2, 0) is 0 Å². The third-order valence-corrected chi connectivity index (χ3v) is 6.01. The standard InChI is InChI=1S/C20H19N3O3S/c1-21-8-10-22(11-9-21)16-7-6-14(12-17(16)23(25)26)13-19-20(24)15-4-2-3-5-18(15)27-19/h2-7,12-13H,8-11H2,1H3/b19-13-. The zero-order valence-electron chi connectivity index (χ0n) is 14.9. The van der Waals surface area contributed by atoms with E-state index in [4.69, 9.17) is 0 Å². The van der Waals surface area contributed by atoms with Crippen LogP contribution >= 0.6 is 11.8 Å². The van der Waals surface area contributed by atoms with Crippen LogP contribution in [0, 0.1) is 10.1 Å². The summed E-state index contributed by atoms with van der Waals surface area (Å²) in [6, 6.07) is 12.7. The molecule has 6 nitrogen and oxygen atoms in total. The van der Waals surface area contributed by atoms with Gasteiger partial charge in [0.25, 0.3) is 5.69 Å². The fourth-order valence-corrected chi connectivity index (χ4v) is 4.43. The van der Waals surface area contributed by atoms with Crippen LogP contribution in [0.4, 0.5) is 11.4 Å². The number of likely N-dealkylation sites (N-methyl/N-ethyl adjacent to an activating group) is 1. The monoisotopic (exact) mass is 381 g/mol. The summed E-state index contributed by atoms with van der Waals surface area (Å²) < 4.78 is 0. The summed E-state index contributed by atoms with van der Waals surface area (Å²) in [5.41, 5.74) is 2.09. The number of hydrogen-bond donors (Lipinski definition) is 0. The van der Waals surface area contributed by atoms with Gasteiger partial charge in [0.1, 0.15) is 5.69 Å². The lowest BCUT2D eigenvalue weighted by atomic mass is 10.1. The predicted octanol–water partition coefficient (Wildman–Crippen LogP) is 3.68. The first kappa shape index (κ1) is 17.8. The van der Waals surface area contributed by atoms with E-state index in [9.17, 15) is 14.9 Å². The SMILES string of the molecule is CN1CCN(c2ccc(/C=C3\Sc4ccccc4C3=O)cc2[N+](=O)[O-])CC1. The Balaban J connectivity index is 1.64. The van der Waals surface area contributed by atoms with Crippen LogP contribution in [0.3, 0.4) is 0 Å². The number of nitro groups is 1. The van der Waals surface area contributed by atoms with Gasteiger partial charge in [-0.15, -0.1) is 0 Å². The Morgan fingerprint density at radius 3 is 2.56 bits per heavy atom. The molecule has 0 bridgehead atoms. The highest BCUT2D eigenvalue weighted by molar-refractivity contribution is 8.04. The highest BCUT2D eigenvalue weighted by Crippen LogP contribution is 2.41. The van der Waals surface area contributed by atoms with Crippen molar-refractivity contribution in [3.63, 3.8) is 0 Å². The van der Waals surface area contributed by atoms with E-state index in [1.165, 1.54) is 11.8 Å². The van der Waals surface area contributed by atoms with E-state index in [1.807, 2.05) is 30.3 Å². The Hall–Kier alpha value is -2.64. The number of thioether (sulfide) groups is 1. The van der Waals surface area contributed by atoms with Crippen molar-refractivity contribution in [3.05, 3.63) is 68.6 Å². The predicted molar refractivity (Wildman–Crippen MR) is 107 cm³/mol. The quantitative estimate of drug-likeness (QED) is 0.459. The highest BCUT2D eigenvalue weighted by atomic mass is 32.2. The molecule has 2 aliphatic rings. The number of rotatable bonds is 3. The maximum Gasteiger partial charge on any atom is 0.293 e. The largest absolute Gasteiger partial charge is 0.363 e. The molecule has 0 aliphatic carbocycles. The molecule has 2 aromatic carbocycles. The second kappa shape index (κ2) is 7.17. The number of Topliss-reactive ketones (excluding diaryl/α,β-unsaturated/α-hetero) is 1. The molecule has 0 atom stereocenters. The Morgan fingerprint density at radius 2 is 1.85 bits per heavy atom. The summed E-state index contributed by atoms with van der Waals surface area (Å²) in [5, 5.41) is 11.6. The van der Waals surface area contributed by atoms with Gasteiger partial charge in [0, 0.05) is 42.7 Å². The number of carbonyl (C=O) groups excluding carboxylic acids is 1.